The molecule has 16 heavy (non-hydrogen) atoms. The second-order valence-electron chi connectivity index (χ2n) is 5.25. The van der Waals surface area contributed by atoms with E-state index in [1.165, 1.54) is 58.3 Å². The van der Waals surface area contributed by atoms with Crippen molar-refractivity contribution in [3.8, 4) is 0 Å². The molecule has 3 heteroatoms. The van der Waals surface area contributed by atoms with E-state index in [2.05, 4.69) is 10.2 Å². The highest BCUT2D eigenvalue weighted by molar-refractivity contribution is 4.86. The average Bonchev–Trinajstić information content (AvgIpc) is 2.83. The van der Waals surface area contributed by atoms with Gasteiger partial charge < -0.3 is 15.0 Å². The number of nitrogens with one attached hydrogen (secondary N) is 1. The molecule has 3 nitrogen and oxygen atoms in total. The van der Waals surface area contributed by atoms with Crippen LogP contribution >= 0.6 is 0 Å². The molecule has 2 saturated heterocycles. The summed E-state index contributed by atoms with van der Waals surface area (Å²) in [6.07, 6.45) is 6.77. The average molecular weight is 226 g/mol. The zero-order valence-corrected chi connectivity index (χ0v) is 10.6. The van der Waals surface area contributed by atoms with Crippen molar-refractivity contribution in [3.63, 3.8) is 0 Å². The Kier molecular flexibility index (Phi) is 5.07. The SMILES string of the molecule is COCCCN1CCCC(C2CCCN2)C1. The standard InChI is InChI=1S/C13H26N2O/c1-16-10-4-9-15-8-3-5-12(11-15)13-6-2-7-14-13/h12-14H,2-11H2,1H3. The van der Waals surface area contributed by atoms with Crippen molar-refractivity contribution >= 4 is 0 Å². The summed E-state index contributed by atoms with van der Waals surface area (Å²) in [4.78, 5) is 2.63. The first-order chi connectivity index (χ1) is 7.90. The fourth-order valence-electron chi connectivity index (χ4n) is 3.17. The minimum atomic E-state index is 0.810. The van der Waals surface area contributed by atoms with Crippen LogP contribution in [0.15, 0.2) is 0 Å². The van der Waals surface area contributed by atoms with Crippen LogP contribution in [0.4, 0.5) is 0 Å². The summed E-state index contributed by atoms with van der Waals surface area (Å²) in [7, 11) is 1.79. The Morgan fingerprint density at radius 1 is 1.31 bits per heavy atom. The molecule has 0 aromatic carbocycles. The van der Waals surface area contributed by atoms with Crippen molar-refractivity contribution in [2.75, 3.05) is 39.9 Å². The third kappa shape index (κ3) is 3.44. The number of methoxy groups -OCH3 is 1. The van der Waals surface area contributed by atoms with Gasteiger partial charge in [-0.2, -0.15) is 0 Å². The van der Waals surface area contributed by atoms with Crippen LogP contribution in [0.1, 0.15) is 32.1 Å². The van der Waals surface area contributed by atoms with E-state index in [0.29, 0.717) is 0 Å². The molecule has 2 rings (SSSR count). The predicted molar refractivity (Wildman–Crippen MR) is 66.7 cm³/mol. The smallest absolute Gasteiger partial charge is 0.0474 e. The van der Waals surface area contributed by atoms with Gasteiger partial charge in [0, 0.05) is 32.8 Å². The van der Waals surface area contributed by atoms with Crippen molar-refractivity contribution < 1.29 is 4.74 Å². The largest absolute Gasteiger partial charge is 0.385 e. The van der Waals surface area contributed by atoms with E-state index in [9.17, 15) is 0 Å². The maximum atomic E-state index is 5.12. The Bertz CT molecular complexity index is 192. The molecule has 2 heterocycles. The van der Waals surface area contributed by atoms with E-state index in [-0.39, 0.29) is 0 Å². The lowest BCUT2D eigenvalue weighted by molar-refractivity contribution is 0.128. The van der Waals surface area contributed by atoms with E-state index in [4.69, 9.17) is 4.74 Å². The molecule has 0 saturated carbocycles. The maximum absolute atomic E-state index is 5.12. The van der Waals surface area contributed by atoms with Gasteiger partial charge in [0.15, 0.2) is 0 Å². The fraction of sp³-hybridized carbons (Fsp3) is 1.00. The molecule has 2 aliphatic heterocycles. The Morgan fingerprint density at radius 3 is 3.00 bits per heavy atom. The molecule has 0 bridgehead atoms. The molecular weight excluding hydrogens is 200 g/mol. The molecule has 0 spiro atoms. The number of piperidine rings is 1. The number of hydrogen-bond acceptors (Lipinski definition) is 3. The Hall–Kier alpha value is -0.120. The van der Waals surface area contributed by atoms with Crippen LogP contribution in [-0.4, -0.2) is 50.8 Å². The van der Waals surface area contributed by atoms with E-state index in [0.717, 1.165) is 18.6 Å². The summed E-state index contributed by atoms with van der Waals surface area (Å²) in [5.74, 6) is 0.902. The minimum Gasteiger partial charge on any atom is -0.385 e. The van der Waals surface area contributed by atoms with Crippen molar-refractivity contribution in [3.05, 3.63) is 0 Å². The van der Waals surface area contributed by atoms with Gasteiger partial charge in [-0.3, -0.25) is 0 Å². The van der Waals surface area contributed by atoms with Gasteiger partial charge in [0.05, 0.1) is 0 Å². The van der Waals surface area contributed by atoms with Gasteiger partial charge >= 0.3 is 0 Å². The van der Waals surface area contributed by atoms with Gasteiger partial charge in [-0.25, -0.2) is 0 Å². The van der Waals surface area contributed by atoms with E-state index < -0.39 is 0 Å². The van der Waals surface area contributed by atoms with Crippen LogP contribution in [0.25, 0.3) is 0 Å². The quantitative estimate of drug-likeness (QED) is 0.719. The van der Waals surface area contributed by atoms with Gasteiger partial charge in [-0.15, -0.1) is 0 Å². The number of nitrogens with zero attached hydrogens (tertiary/aromatic N) is 1. The van der Waals surface area contributed by atoms with Crippen LogP contribution in [0.3, 0.4) is 0 Å². The maximum Gasteiger partial charge on any atom is 0.0474 e. The molecule has 0 radical (unpaired) electrons. The number of ether oxygens (including phenoxy) is 1. The molecule has 0 amide bonds. The highest BCUT2D eigenvalue weighted by atomic mass is 16.5. The first kappa shape index (κ1) is 12.3. The molecule has 2 aliphatic rings. The predicted octanol–water partition coefficient (Wildman–Crippen LogP) is 1.49. The summed E-state index contributed by atoms with van der Waals surface area (Å²) in [5.41, 5.74) is 0. The van der Waals surface area contributed by atoms with Crippen LogP contribution in [0.5, 0.6) is 0 Å². The van der Waals surface area contributed by atoms with Crippen molar-refractivity contribution in [1.82, 2.24) is 10.2 Å². The van der Waals surface area contributed by atoms with Gasteiger partial charge in [-0.1, -0.05) is 0 Å². The molecule has 0 aliphatic carbocycles. The van der Waals surface area contributed by atoms with Crippen molar-refractivity contribution in [1.29, 1.82) is 0 Å². The first-order valence-electron chi connectivity index (χ1n) is 6.85. The molecule has 94 valence electrons. The van der Waals surface area contributed by atoms with Gasteiger partial charge in [0.2, 0.25) is 0 Å². The topological polar surface area (TPSA) is 24.5 Å². The molecule has 0 aromatic rings. The monoisotopic (exact) mass is 226 g/mol. The summed E-state index contributed by atoms with van der Waals surface area (Å²) in [5, 5.41) is 3.66. The Balaban J connectivity index is 1.70. The normalized spacial score (nSPS) is 32.1. The third-order valence-corrected chi connectivity index (χ3v) is 4.03. The molecule has 0 aromatic heterocycles. The summed E-state index contributed by atoms with van der Waals surface area (Å²) >= 11 is 0. The zero-order chi connectivity index (χ0) is 11.2. The lowest BCUT2D eigenvalue weighted by Gasteiger charge is -2.35. The highest BCUT2D eigenvalue weighted by Crippen LogP contribution is 2.24. The summed E-state index contributed by atoms with van der Waals surface area (Å²) in [6.45, 7) is 5.97. The van der Waals surface area contributed by atoms with Crippen molar-refractivity contribution in [2.45, 2.75) is 38.1 Å². The second-order valence-corrected chi connectivity index (χ2v) is 5.25. The van der Waals surface area contributed by atoms with Gasteiger partial charge in [0.1, 0.15) is 0 Å². The molecule has 2 atom stereocenters. The third-order valence-electron chi connectivity index (χ3n) is 4.03. The lowest BCUT2D eigenvalue weighted by Crippen LogP contribution is -2.43. The van der Waals surface area contributed by atoms with E-state index in [1.807, 2.05) is 0 Å². The molecular formula is C13H26N2O. The fourth-order valence-corrected chi connectivity index (χ4v) is 3.17. The lowest BCUT2D eigenvalue weighted by atomic mass is 9.90. The Morgan fingerprint density at radius 2 is 2.25 bits per heavy atom. The second kappa shape index (κ2) is 6.58. The Labute approximate surface area is 99.5 Å². The minimum absolute atomic E-state index is 0.810. The molecule has 2 unspecified atom stereocenters. The van der Waals surface area contributed by atoms with Crippen LogP contribution in [-0.2, 0) is 4.74 Å². The first-order valence-corrected chi connectivity index (χ1v) is 6.85. The van der Waals surface area contributed by atoms with E-state index in [1.54, 1.807) is 7.11 Å². The highest BCUT2D eigenvalue weighted by Gasteiger charge is 2.28. The van der Waals surface area contributed by atoms with Crippen LogP contribution in [0.2, 0.25) is 0 Å². The molecule has 2 fully saturated rings. The number of hydrogen-bond donors (Lipinski definition) is 1. The van der Waals surface area contributed by atoms with Crippen LogP contribution in [0, 0.1) is 5.92 Å². The van der Waals surface area contributed by atoms with E-state index >= 15 is 0 Å². The number of likely N-dealkylation sites (tertiary alicyclic amines) is 1. The van der Waals surface area contributed by atoms with Gasteiger partial charge in [0.25, 0.3) is 0 Å². The van der Waals surface area contributed by atoms with Crippen LogP contribution < -0.4 is 5.32 Å². The summed E-state index contributed by atoms with van der Waals surface area (Å²) < 4.78 is 5.12. The summed E-state index contributed by atoms with van der Waals surface area (Å²) in [6, 6.07) is 0.810. The van der Waals surface area contributed by atoms with Crippen molar-refractivity contribution in [2.24, 2.45) is 5.92 Å². The number of rotatable bonds is 5. The zero-order valence-electron chi connectivity index (χ0n) is 10.6. The van der Waals surface area contributed by atoms with Gasteiger partial charge in [-0.05, 0) is 51.1 Å². The molecule has 1 N–H and O–H groups in total.